The zero-order chi connectivity index (χ0) is 55.5. The Morgan fingerprint density at radius 3 is 1.16 bits per heavy atom. The Morgan fingerprint density at radius 2 is 0.737 bits per heavy atom. The van der Waals surface area contributed by atoms with E-state index in [1.807, 2.05) is 18.2 Å². The highest BCUT2D eigenvalue weighted by Crippen LogP contribution is 2.43. The number of aliphatic hydroxyl groups excluding tert-OH is 1. The van der Waals surface area contributed by atoms with Gasteiger partial charge in [-0.2, -0.15) is 0 Å². The van der Waals surface area contributed by atoms with Crippen molar-refractivity contribution < 1.29 is 52.2 Å². The first-order valence-corrected chi connectivity index (χ1v) is 30.6. The van der Waals surface area contributed by atoms with E-state index in [9.17, 15) is 28.9 Å². The third-order valence-corrected chi connectivity index (χ3v) is 12.5. The van der Waals surface area contributed by atoms with Gasteiger partial charge in [0.05, 0.1) is 26.2 Å². The van der Waals surface area contributed by atoms with Gasteiger partial charge >= 0.3 is 25.7 Å². The fourth-order valence-corrected chi connectivity index (χ4v) is 8.00. The van der Waals surface area contributed by atoms with Crippen LogP contribution in [0.25, 0.3) is 0 Å². The van der Waals surface area contributed by atoms with Gasteiger partial charge < -0.3 is 24.2 Å². The van der Waals surface area contributed by atoms with E-state index in [-0.39, 0.29) is 25.9 Å². The molecule has 0 aromatic heterocycles. The van der Waals surface area contributed by atoms with Gasteiger partial charge in [0.15, 0.2) is 6.10 Å². The van der Waals surface area contributed by atoms with Crippen LogP contribution >= 0.6 is 7.82 Å². The summed E-state index contributed by atoms with van der Waals surface area (Å²) >= 11 is 0. The van der Waals surface area contributed by atoms with Crippen LogP contribution in [0.15, 0.2) is 134 Å². The van der Waals surface area contributed by atoms with Crippen molar-refractivity contribution >= 4 is 25.7 Å². The number of rotatable bonds is 52. The minimum absolute atomic E-state index is 0.0636. The zero-order valence-electron chi connectivity index (χ0n) is 47.4. The number of carbonyl (C=O) groups excluding carboxylic acids is 3. The number of carbonyl (C=O) groups is 3. The lowest BCUT2D eigenvalue weighted by atomic mass is 10.1. The van der Waals surface area contributed by atoms with Crippen molar-refractivity contribution in [2.45, 2.75) is 226 Å². The second-order valence-electron chi connectivity index (χ2n) is 18.7. The van der Waals surface area contributed by atoms with Gasteiger partial charge in [0.2, 0.25) is 0 Å². The molecule has 2 N–H and O–H groups in total. The maximum Gasteiger partial charge on any atom is 0.472 e. The van der Waals surface area contributed by atoms with Gasteiger partial charge in [-0.3, -0.25) is 23.4 Å². The summed E-state index contributed by atoms with van der Waals surface area (Å²) in [5.74, 6) is -1.65. The molecule has 0 spiro atoms. The van der Waals surface area contributed by atoms with E-state index >= 15 is 0 Å². The minimum Gasteiger partial charge on any atom is -0.462 e. The van der Waals surface area contributed by atoms with Crippen LogP contribution in [0.2, 0.25) is 0 Å². The van der Waals surface area contributed by atoms with Crippen molar-refractivity contribution in [2.24, 2.45) is 0 Å². The fraction of sp³-hybridized carbons (Fsp3) is 0.609. The fourth-order valence-electron chi connectivity index (χ4n) is 7.22. The first-order valence-electron chi connectivity index (χ1n) is 29.1. The van der Waals surface area contributed by atoms with Crippen molar-refractivity contribution in [3.8, 4) is 0 Å². The number of unbranched alkanes of at least 4 members (excludes halogenated alkanes) is 14. The van der Waals surface area contributed by atoms with E-state index in [1.165, 1.54) is 19.3 Å². The first kappa shape index (κ1) is 71.6. The topological polar surface area (TPSA) is 155 Å². The number of hydrogen-bond acceptors (Lipinski definition) is 10. The van der Waals surface area contributed by atoms with Crippen LogP contribution < -0.4 is 0 Å². The molecular weight excluding hydrogens is 976 g/mol. The quantitative estimate of drug-likeness (QED) is 0.0197. The number of aliphatic hydroxyl groups is 1. The number of allylic oxidation sites excluding steroid dienone is 21. The molecule has 0 heterocycles. The molecule has 0 aliphatic carbocycles. The lowest BCUT2D eigenvalue weighted by Gasteiger charge is -2.21. The molecule has 3 atom stereocenters. The lowest BCUT2D eigenvalue weighted by Crippen LogP contribution is -2.30. The van der Waals surface area contributed by atoms with E-state index in [0.29, 0.717) is 19.3 Å². The molecule has 0 saturated heterocycles. The first-order chi connectivity index (χ1) is 37.2. The van der Waals surface area contributed by atoms with E-state index < -0.39 is 57.8 Å². The SMILES string of the molecule is CC/C=C\C/C=C\C/C=C\C/C=C\C/C=C\CC(=O)OC(CO)COP(=O)(O)OCC(COC(=O)CCCCCCC/C=C\C/C=C\CCCCC)OC(=O)CCCCCCCC/C=C\C/C=C\C/C=C\C/C=C\CC. The van der Waals surface area contributed by atoms with E-state index in [1.54, 1.807) is 6.08 Å². The summed E-state index contributed by atoms with van der Waals surface area (Å²) in [4.78, 5) is 48.5. The maximum atomic E-state index is 12.9. The van der Waals surface area contributed by atoms with Crippen molar-refractivity contribution in [2.75, 3.05) is 26.4 Å². The Labute approximate surface area is 461 Å². The van der Waals surface area contributed by atoms with Crippen LogP contribution in [0.4, 0.5) is 0 Å². The minimum atomic E-state index is -4.79. The Balaban J connectivity index is 4.87. The van der Waals surface area contributed by atoms with E-state index in [4.69, 9.17) is 23.3 Å². The molecule has 0 rings (SSSR count). The molecule has 0 aliphatic rings. The summed E-state index contributed by atoms with van der Waals surface area (Å²) < 4.78 is 39.4. The second-order valence-corrected chi connectivity index (χ2v) is 20.2. The van der Waals surface area contributed by atoms with Gasteiger partial charge in [-0.15, -0.1) is 0 Å². The summed E-state index contributed by atoms with van der Waals surface area (Å²) in [7, 11) is -4.79. The molecule has 76 heavy (non-hydrogen) atoms. The van der Waals surface area contributed by atoms with Crippen molar-refractivity contribution in [3.63, 3.8) is 0 Å². The molecule has 3 unspecified atom stereocenters. The molecule has 11 nitrogen and oxygen atoms in total. The number of ether oxygens (including phenoxy) is 3. The number of hydrogen-bond donors (Lipinski definition) is 2. The number of phosphoric ester groups is 1. The Kier molecular flexibility index (Phi) is 53.5. The Bertz CT molecular complexity index is 1780. The Hall–Kier alpha value is -4.38. The summed E-state index contributed by atoms with van der Waals surface area (Å²) in [6, 6.07) is 0. The molecule has 0 aromatic rings. The summed E-state index contributed by atoms with van der Waals surface area (Å²) in [5, 5.41) is 9.80. The maximum absolute atomic E-state index is 12.9. The largest absolute Gasteiger partial charge is 0.472 e. The smallest absolute Gasteiger partial charge is 0.462 e. The highest BCUT2D eigenvalue weighted by atomic mass is 31.2. The molecule has 0 aromatic carbocycles. The average Bonchev–Trinajstić information content (AvgIpc) is 3.41. The van der Waals surface area contributed by atoms with Crippen LogP contribution in [-0.2, 0) is 42.2 Å². The molecule has 0 fully saturated rings. The average molecular weight is 1080 g/mol. The number of esters is 3. The molecule has 430 valence electrons. The van der Waals surface area contributed by atoms with Gasteiger partial charge in [-0.05, 0) is 116 Å². The molecule has 0 amide bonds. The second kappa shape index (κ2) is 56.8. The van der Waals surface area contributed by atoms with Crippen LogP contribution in [0.3, 0.4) is 0 Å². The predicted molar refractivity (Wildman–Crippen MR) is 316 cm³/mol. The Morgan fingerprint density at radius 1 is 0.395 bits per heavy atom. The summed E-state index contributed by atoms with van der Waals surface area (Å²) in [6.07, 6.45) is 71.5. The van der Waals surface area contributed by atoms with Gasteiger partial charge in [0, 0.05) is 12.8 Å². The monoisotopic (exact) mass is 1080 g/mol. The third-order valence-electron chi connectivity index (χ3n) is 11.6. The van der Waals surface area contributed by atoms with Crippen LogP contribution in [0, 0.1) is 0 Å². The van der Waals surface area contributed by atoms with Crippen molar-refractivity contribution in [1.82, 2.24) is 0 Å². The molecule has 12 heteroatoms. The van der Waals surface area contributed by atoms with Crippen molar-refractivity contribution in [3.05, 3.63) is 134 Å². The van der Waals surface area contributed by atoms with Crippen molar-refractivity contribution in [1.29, 1.82) is 0 Å². The molecule has 0 aliphatic heterocycles. The van der Waals surface area contributed by atoms with Gasteiger partial charge in [-0.1, -0.05) is 212 Å². The van der Waals surface area contributed by atoms with Gasteiger partial charge in [-0.25, -0.2) is 4.57 Å². The number of phosphoric acid groups is 1. The van der Waals surface area contributed by atoms with Crippen LogP contribution in [-0.4, -0.2) is 66.5 Å². The standard InChI is InChI=1S/C64H103O11P/c1-4-7-10-13-16-19-22-25-28-29-30-31-34-37-40-43-46-49-52-55-64(68)75-61(57-71-62(66)53-50-47-44-41-38-35-32-26-23-20-17-14-11-8-5-2)59-73-76(69,70)72-58-60(56-65)74-63(67)54-51-48-45-42-39-36-33-27-24-21-18-15-12-9-6-3/h7,9-10,12,16-21,25-28,30-33,39,42,48,51,60-61,65H,4-6,8,11,13-15,22-24,29,34-38,40-41,43-47,49-50,52-59H2,1-3H3,(H,69,70)/b10-7-,12-9-,19-16-,20-17-,21-18-,28-25-,31-30-,32-26-,33-27-,42-39-,51-48-. The normalized spacial score (nSPS) is 14.3. The van der Waals surface area contributed by atoms with Crippen LogP contribution in [0.5, 0.6) is 0 Å². The van der Waals surface area contributed by atoms with Crippen LogP contribution in [0.1, 0.15) is 213 Å². The summed E-state index contributed by atoms with van der Waals surface area (Å²) in [5.41, 5.74) is 0. The molecular formula is C64H103O11P. The summed E-state index contributed by atoms with van der Waals surface area (Å²) in [6.45, 7) is 4.23. The van der Waals surface area contributed by atoms with Gasteiger partial charge in [0.25, 0.3) is 0 Å². The predicted octanol–water partition coefficient (Wildman–Crippen LogP) is 17.4. The lowest BCUT2D eigenvalue weighted by molar-refractivity contribution is -0.161. The molecule has 0 radical (unpaired) electrons. The molecule has 0 saturated carbocycles. The van der Waals surface area contributed by atoms with E-state index in [2.05, 4.69) is 130 Å². The third kappa shape index (κ3) is 54.4. The highest BCUT2D eigenvalue weighted by molar-refractivity contribution is 7.47. The highest BCUT2D eigenvalue weighted by Gasteiger charge is 2.28. The molecule has 0 bridgehead atoms. The van der Waals surface area contributed by atoms with Gasteiger partial charge in [0.1, 0.15) is 12.7 Å². The zero-order valence-corrected chi connectivity index (χ0v) is 48.3. The van der Waals surface area contributed by atoms with E-state index in [0.717, 1.165) is 135 Å².